The number of benzene rings is 1. The predicted molar refractivity (Wildman–Crippen MR) is 71.1 cm³/mol. The first-order chi connectivity index (χ1) is 8.61. The summed E-state index contributed by atoms with van der Waals surface area (Å²) in [6.07, 6.45) is 0. The molecule has 0 aliphatic carbocycles. The molecule has 2 rings (SSSR count). The van der Waals surface area contributed by atoms with E-state index in [9.17, 15) is 8.42 Å². The maximum atomic E-state index is 11.4. The van der Waals surface area contributed by atoms with Gasteiger partial charge in [0.2, 0.25) is 0 Å². The Morgan fingerprint density at radius 1 is 1.28 bits per heavy atom. The summed E-state index contributed by atoms with van der Waals surface area (Å²) in [7, 11) is -2.09. The Morgan fingerprint density at radius 2 is 2.00 bits per heavy atom. The number of morpholine rings is 1. The number of ether oxygens (including phenoxy) is 1. The average molecular weight is 271 g/mol. The van der Waals surface area contributed by atoms with E-state index in [1.165, 1.54) is 7.05 Å². The minimum atomic E-state index is -3.46. The first kappa shape index (κ1) is 13.1. The zero-order valence-electron chi connectivity index (χ0n) is 10.2. The van der Waals surface area contributed by atoms with Gasteiger partial charge in [0.05, 0.1) is 18.9 Å². The Bertz CT molecular complexity index is 498. The largest absolute Gasteiger partial charge is 0.378 e. The SMILES string of the molecule is CNS(=O)(=O)Nc1cccc(N2CCOCC2)c1. The average Bonchev–Trinajstić information content (AvgIpc) is 2.40. The van der Waals surface area contributed by atoms with Crippen LogP contribution < -0.4 is 14.3 Å². The monoisotopic (exact) mass is 271 g/mol. The third-order valence-corrected chi connectivity index (χ3v) is 3.79. The molecular formula is C11H17N3O3S. The second-order valence-electron chi connectivity index (χ2n) is 3.96. The number of nitrogens with one attached hydrogen (secondary N) is 2. The standard InChI is InChI=1S/C11H17N3O3S/c1-12-18(15,16)13-10-3-2-4-11(9-10)14-5-7-17-8-6-14/h2-4,9,12-13H,5-8H2,1H3. The van der Waals surface area contributed by atoms with E-state index in [1.807, 2.05) is 18.2 Å². The molecule has 0 spiro atoms. The van der Waals surface area contributed by atoms with Crippen LogP contribution in [0.5, 0.6) is 0 Å². The molecule has 0 saturated carbocycles. The lowest BCUT2D eigenvalue weighted by atomic mass is 10.2. The van der Waals surface area contributed by atoms with E-state index in [1.54, 1.807) is 6.07 Å². The third kappa shape index (κ3) is 3.34. The van der Waals surface area contributed by atoms with E-state index in [-0.39, 0.29) is 0 Å². The summed E-state index contributed by atoms with van der Waals surface area (Å²) in [5.74, 6) is 0. The van der Waals surface area contributed by atoms with Gasteiger partial charge in [0.15, 0.2) is 0 Å². The van der Waals surface area contributed by atoms with Gasteiger partial charge in [-0.25, -0.2) is 4.72 Å². The molecule has 0 unspecified atom stereocenters. The zero-order valence-corrected chi connectivity index (χ0v) is 11.0. The Balaban J connectivity index is 2.14. The van der Waals surface area contributed by atoms with Gasteiger partial charge >= 0.3 is 0 Å². The zero-order chi connectivity index (χ0) is 13.0. The van der Waals surface area contributed by atoms with Crippen LogP contribution in [0.25, 0.3) is 0 Å². The van der Waals surface area contributed by atoms with E-state index < -0.39 is 10.2 Å². The third-order valence-electron chi connectivity index (χ3n) is 2.74. The molecule has 1 aliphatic rings. The number of hydrogen-bond donors (Lipinski definition) is 2. The van der Waals surface area contributed by atoms with Crippen molar-refractivity contribution in [3.05, 3.63) is 24.3 Å². The molecule has 6 nitrogen and oxygen atoms in total. The van der Waals surface area contributed by atoms with Crippen LogP contribution in [-0.4, -0.2) is 41.8 Å². The Kier molecular flexibility index (Phi) is 4.05. The maximum Gasteiger partial charge on any atom is 0.298 e. The van der Waals surface area contributed by atoms with Crippen LogP contribution in [0.1, 0.15) is 0 Å². The van der Waals surface area contributed by atoms with Crippen LogP contribution in [-0.2, 0) is 14.9 Å². The molecule has 1 aromatic rings. The van der Waals surface area contributed by atoms with E-state index in [0.29, 0.717) is 18.9 Å². The molecular weight excluding hydrogens is 254 g/mol. The summed E-state index contributed by atoms with van der Waals surface area (Å²) in [6, 6.07) is 7.33. The number of nitrogens with zero attached hydrogens (tertiary/aromatic N) is 1. The van der Waals surface area contributed by atoms with Gasteiger partial charge in [0.25, 0.3) is 10.2 Å². The summed E-state index contributed by atoms with van der Waals surface area (Å²) in [5, 5.41) is 0. The molecule has 0 bridgehead atoms. The molecule has 1 heterocycles. The van der Waals surface area contributed by atoms with Crippen LogP contribution in [0.4, 0.5) is 11.4 Å². The fourth-order valence-electron chi connectivity index (χ4n) is 1.79. The van der Waals surface area contributed by atoms with Crippen LogP contribution in [0.2, 0.25) is 0 Å². The highest BCUT2D eigenvalue weighted by atomic mass is 32.2. The maximum absolute atomic E-state index is 11.4. The van der Waals surface area contributed by atoms with Gasteiger partial charge in [-0.15, -0.1) is 0 Å². The molecule has 0 radical (unpaired) electrons. The van der Waals surface area contributed by atoms with E-state index in [2.05, 4.69) is 14.3 Å². The summed E-state index contributed by atoms with van der Waals surface area (Å²) >= 11 is 0. The normalized spacial score (nSPS) is 16.6. The van der Waals surface area contributed by atoms with Crippen molar-refractivity contribution < 1.29 is 13.2 Å². The molecule has 7 heteroatoms. The minimum Gasteiger partial charge on any atom is -0.378 e. The second kappa shape index (κ2) is 5.55. The van der Waals surface area contributed by atoms with E-state index >= 15 is 0 Å². The van der Waals surface area contributed by atoms with Crippen LogP contribution in [0.15, 0.2) is 24.3 Å². The van der Waals surface area contributed by atoms with Gasteiger partial charge in [-0.1, -0.05) is 6.07 Å². The van der Waals surface area contributed by atoms with Gasteiger partial charge in [-0.05, 0) is 18.2 Å². The molecule has 18 heavy (non-hydrogen) atoms. The molecule has 1 aliphatic heterocycles. The van der Waals surface area contributed by atoms with Crippen LogP contribution >= 0.6 is 0 Å². The van der Waals surface area contributed by atoms with Crippen molar-refractivity contribution in [2.75, 3.05) is 43.0 Å². The van der Waals surface area contributed by atoms with Gasteiger partial charge in [0, 0.05) is 25.8 Å². The lowest BCUT2D eigenvalue weighted by Gasteiger charge is -2.29. The van der Waals surface area contributed by atoms with Crippen LogP contribution in [0, 0.1) is 0 Å². The van der Waals surface area contributed by atoms with Crippen molar-refractivity contribution in [3.63, 3.8) is 0 Å². The molecule has 0 amide bonds. The molecule has 2 N–H and O–H groups in total. The van der Waals surface area contributed by atoms with E-state index in [0.717, 1.165) is 18.8 Å². The molecule has 100 valence electrons. The van der Waals surface area contributed by atoms with Crippen LogP contribution in [0.3, 0.4) is 0 Å². The minimum absolute atomic E-state index is 0.549. The van der Waals surface area contributed by atoms with Crippen molar-refractivity contribution in [2.45, 2.75) is 0 Å². The van der Waals surface area contributed by atoms with Gasteiger partial charge in [-0.2, -0.15) is 8.42 Å². The summed E-state index contributed by atoms with van der Waals surface area (Å²) < 4.78 is 32.8. The second-order valence-corrected chi connectivity index (χ2v) is 5.58. The molecule has 1 saturated heterocycles. The summed E-state index contributed by atoms with van der Waals surface area (Å²) in [4.78, 5) is 2.17. The number of anilines is 2. The lowest BCUT2D eigenvalue weighted by molar-refractivity contribution is 0.122. The molecule has 1 aromatic carbocycles. The molecule has 1 fully saturated rings. The van der Waals surface area contributed by atoms with Crippen molar-refractivity contribution in [1.29, 1.82) is 0 Å². The van der Waals surface area contributed by atoms with Gasteiger partial charge in [0.1, 0.15) is 0 Å². The topological polar surface area (TPSA) is 70.7 Å². The lowest BCUT2D eigenvalue weighted by Crippen LogP contribution is -2.36. The fourth-order valence-corrected chi connectivity index (χ4v) is 2.33. The fraction of sp³-hybridized carbons (Fsp3) is 0.455. The Hall–Kier alpha value is -1.31. The van der Waals surface area contributed by atoms with Crippen molar-refractivity contribution in [2.24, 2.45) is 0 Å². The number of hydrogen-bond acceptors (Lipinski definition) is 4. The van der Waals surface area contributed by atoms with Crippen molar-refractivity contribution >= 4 is 21.6 Å². The molecule has 0 aromatic heterocycles. The summed E-state index contributed by atoms with van der Waals surface area (Å²) in [6.45, 7) is 3.05. The number of rotatable bonds is 4. The highest BCUT2D eigenvalue weighted by molar-refractivity contribution is 7.90. The highest BCUT2D eigenvalue weighted by Gasteiger charge is 2.12. The summed E-state index contributed by atoms with van der Waals surface area (Å²) in [5.41, 5.74) is 1.54. The van der Waals surface area contributed by atoms with Crippen molar-refractivity contribution in [1.82, 2.24) is 4.72 Å². The van der Waals surface area contributed by atoms with E-state index in [4.69, 9.17) is 4.74 Å². The van der Waals surface area contributed by atoms with Gasteiger partial charge in [-0.3, -0.25) is 4.72 Å². The quantitative estimate of drug-likeness (QED) is 0.831. The predicted octanol–water partition coefficient (Wildman–Crippen LogP) is 0.399. The highest BCUT2D eigenvalue weighted by Crippen LogP contribution is 2.20. The Morgan fingerprint density at radius 3 is 2.67 bits per heavy atom. The first-order valence-corrected chi connectivity index (χ1v) is 7.23. The first-order valence-electron chi connectivity index (χ1n) is 5.75. The smallest absolute Gasteiger partial charge is 0.298 e. The van der Waals surface area contributed by atoms with Gasteiger partial charge < -0.3 is 9.64 Å². The molecule has 0 atom stereocenters. The Labute approximate surface area is 107 Å². The van der Waals surface area contributed by atoms with Crippen molar-refractivity contribution in [3.8, 4) is 0 Å².